The molecule has 5 N–H and O–H groups in total. The van der Waals surface area contributed by atoms with Crippen LogP contribution in [0.3, 0.4) is 0 Å². The highest BCUT2D eigenvalue weighted by molar-refractivity contribution is 9.10. The number of rotatable bonds is 2. The predicted octanol–water partition coefficient (Wildman–Crippen LogP) is -1.67. The molecular weight excluding hydrogens is 310 g/mol. The fraction of sp³-hybridized carbons (Fsp3) is 0.778. The van der Waals surface area contributed by atoms with E-state index in [0.717, 1.165) is 4.90 Å². The number of aliphatic hydroxyl groups excluding tert-OH is 3. The Bertz CT molecular complexity index is 379. The molecule has 0 spiro atoms. The number of ether oxygens (including phenoxy) is 1. The van der Waals surface area contributed by atoms with Gasteiger partial charge in [0.1, 0.15) is 23.0 Å². The summed E-state index contributed by atoms with van der Waals surface area (Å²) in [7, 11) is 0. The number of aliphatic hydroxyl groups is 3. The number of aliphatic imine (C=N–C) groups is 1. The van der Waals surface area contributed by atoms with Crippen molar-refractivity contribution in [3.05, 3.63) is 0 Å². The van der Waals surface area contributed by atoms with E-state index in [4.69, 9.17) is 15.6 Å². The highest BCUT2D eigenvalue weighted by atomic mass is 79.9. The Labute approximate surface area is 111 Å². The zero-order chi connectivity index (χ0) is 13.4. The second kappa shape index (κ2) is 5.10. The van der Waals surface area contributed by atoms with Crippen LogP contribution in [-0.4, -0.2) is 68.2 Å². The number of hydrogen-bond acceptors (Lipinski definition) is 6. The number of carbonyl (C=O) groups is 1. The van der Waals surface area contributed by atoms with Crippen molar-refractivity contribution in [2.24, 2.45) is 10.7 Å². The van der Waals surface area contributed by atoms with Gasteiger partial charge >= 0.3 is 6.03 Å². The molecule has 0 unspecified atom stereocenters. The van der Waals surface area contributed by atoms with Crippen LogP contribution in [0.1, 0.15) is 6.42 Å². The molecule has 0 saturated carbocycles. The van der Waals surface area contributed by atoms with E-state index < -0.39 is 35.5 Å². The molecule has 1 saturated heterocycles. The number of nitrogens with zero attached hydrogens (tertiary/aromatic N) is 2. The molecule has 2 aliphatic heterocycles. The van der Waals surface area contributed by atoms with Crippen LogP contribution in [-0.2, 0) is 4.74 Å². The first-order valence-corrected chi connectivity index (χ1v) is 6.30. The van der Waals surface area contributed by atoms with Crippen LogP contribution in [0.2, 0.25) is 0 Å². The molecule has 0 aliphatic carbocycles. The molecule has 18 heavy (non-hydrogen) atoms. The number of carbonyl (C=O) groups excluding carboxylic acids is 1. The summed E-state index contributed by atoms with van der Waals surface area (Å²) in [6.07, 6.45) is -3.63. The highest BCUT2D eigenvalue weighted by Gasteiger charge is 2.45. The van der Waals surface area contributed by atoms with Crippen molar-refractivity contribution in [3.63, 3.8) is 0 Å². The number of nitrogens with two attached hydrogens (primary N) is 1. The molecule has 0 bridgehead atoms. The third kappa shape index (κ3) is 2.24. The lowest BCUT2D eigenvalue weighted by Gasteiger charge is -2.36. The van der Waals surface area contributed by atoms with Crippen LogP contribution >= 0.6 is 15.9 Å². The number of hydrogen-bond donors (Lipinski definition) is 4. The predicted molar refractivity (Wildman–Crippen MR) is 63.9 cm³/mol. The Morgan fingerprint density at radius 3 is 2.78 bits per heavy atom. The van der Waals surface area contributed by atoms with Crippen LogP contribution in [0, 0.1) is 0 Å². The molecular formula is C9H14BrN3O5. The third-order valence-corrected chi connectivity index (χ3v) is 3.91. The summed E-state index contributed by atoms with van der Waals surface area (Å²) in [6.45, 7) is -0.362. The zero-order valence-corrected chi connectivity index (χ0v) is 10.9. The lowest BCUT2D eigenvalue weighted by molar-refractivity contribution is -0.106. The first kappa shape index (κ1) is 13.7. The quantitative estimate of drug-likeness (QED) is 0.450. The van der Waals surface area contributed by atoms with E-state index in [1.54, 1.807) is 0 Å². The summed E-state index contributed by atoms with van der Waals surface area (Å²) in [5.41, 5.74) is 5.47. The Balaban J connectivity index is 2.17. The third-order valence-electron chi connectivity index (χ3n) is 2.97. The fourth-order valence-corrected chi connectivity index (χ4v) is 2.34. The van der Waals surface area contributed by atoms with Crippen LogP contribution in [0.25, 0.3) is 0 Å². The SMILES string of the molecule is NC1=NC(=O)N([C@H]2C[C@H](O)[C@@H](CO)O2)[C@H](O)[C@H]1Br. The number of amides is 2. The van der Waals surface area contributed by atoms with Crippen molar-refractivity contribution in [2.45, 2.75) is 35.9 Å². The molecule has 0 aromatic carbocycles. The Morgan fingerprint density at radius 1 is 1.56 bits per heavy atom. The first-order valence-electron chi connectivity index (χ1n) is 5.38. The molecule has 0 aromatic heterocycles. The Kier molecular flexibility index (Phi) is 3.87. The van der Waals surface area contributed by atoms with Gasteiger partial charge in [0.05, 0.1) is 12.7 Å². The first-order chi connectivity index (χ1) is 8.45. The second-order valence-electron chi connectivity index (χ2n) is 4.16. The molecule has 2 rings (SSSR count). The molecule has 8 nitrogen and oxygen atoms in total. The molecule has 0 radical (unpaired) electrons. The second-order valence-corrected chi connectivity index (χ2v) is 5.14. The lowest BCUT2D eigenvalue weighted by Crippen LogP contribution is -2.56. The average molecular weight is 324 g/mol. The van der Waals surface area contributed by atoms with E-state index in [1.165, 1.54) is 0 Å². The minimum Gasteiger partial charge on any atom is -0.394 e. The van der Waals surface area contributed by atoms with Crippen molar-refractivity contribution < 1.29 is 24.9 Å². The van der Waals surface area contributed by atoms with Gasteiger partial charge in [-0.1, -0.05) is 15.9 Å². The standard InChI is InChI=1S/C9H14BrN3O5/c10-6-7(11)12-9(17)13(8(6)16)5-1-3(15)4(2-14)18-5/h3-6,8,14-16H,1-2H2,(H2,11,12,17)/t3-,4+,5+,6-,8+/m0/s1. The topological polar surface area (TPSA) is 129 Å². The highest BCUT2D eigenvalue weighted by Crippen LogP contribution is 2.28. The van der Waals surface area contributed by atoms with Crippen LogP contribution in [0.5, 0.6) is 0 Å². The van der Waals surface area contributed by atoms with Crippen LogP contribution in [0.15, 0.2) is 4.99 Å². The van der Waals surface area contributed by atoms with Gasteiger partial charge in [0.15, 0.2) is 6.23 Å². The van der Waals surface area contributed by atoms with Gasteiger partial charge < -0.3 is 25.8 Å². The number of urea groups is 1. The lowest BCUT2D eigenvalue weighted by atomic mass is 10.1. The molecule has 2 amide bonds. The van der Waals surface area contributed by atoms with Crippen molar-refractivity contribution in [1.82, 2.24) is 4.90 Å². The van der Waals surface area contributed by atoms with Gasteiger partial charge in [-0.3, -0.25) is 4.90 Å². The molecule has 9 heteroatoms. The van der Waals surface area contributed by atoms with Gasteiger partial charge in [0, 0.05) is 6.42 Å². The minimum absolute atomic E-state index is 0.0130. The summed E-state index contributed by atoms with van der Waals surface area (Å²) in [6, 6.07) is -0.730. The van der Waals surface area contributed by atoms with Crippen molar-refractivity contribution in [3.8, 4) is 0 Å². The van der Waals surface area contributed by atoms with Crippen molar-refractivity contribution >= 4 is 27.8 Å². The maximum Gasteiger partial charge on any atom is 0.349 e. The number of halogens is 1. The average Bonchev–Trinajstić information content (AvgIpc) is 2.67. The normalized spacial score (nSPS) is 41.1. The number of alkyl halides is 1. The largest absolute Gasteiger partial charge is 0.394 e. The van der Waals surface area contributed by atoms with E-state index in [9.17, 15) is 15.0 Å². The summed E-state index contributed by atoms with van der Waals surface area (Å²) in [5.74, 6) is -0.0130. The summed E-state index contributed by atoms with van der Waals surface area (Å²) < 4.78 is 5.30. The summed E-state index contributed by atoms with van der Waals surface area (Å²) in [4.78, 5) is 15.6. The Morgan fingerprint density at radius 2 is 2.22 bits per heavy atom. The summed E-state index contributed by atoms with van der Waals surface area (Å²) >= 11 is 3.11. The van der Waals surface area contributed by atoms with Gasteiger partial charge in [-0.15, -0.1) is 0 Å². The molecule has 1 fully saturated rings. The maximum absolute atomic E-state index is 11.7. The van der Waals surface area contributed by atoms with E-state index in [2.05, 4.69) is 20.9 Å². The van der Waals surface area contributed by atoms with E-state index in [0.29, 0.717) is 0 Å². The molecule has 2 aliphatic rings. The Hall–Kier alpha value is -0.740. The molecule has 0 aromatic rings. The molecule has 2 heterocycles. The monoisotopic (exact) mass is 323 g/mol. The van der Waals surface area contributed by atoms with E-state index >= 15 is 0 Å². The fourth-order valence-electron chi connectivity index (χ4n) is 1.98. The number of amidine groups is 1. The van der Waals surface area contributed by atoms with Gasteiger partial charge in [-0.2, -0.15) is 4.99 Å². The van der Waals surface area contributed by atoms with Gasteiger partial charge in [0.2, 0.25) is 0 Å². The smallest absolute Gasteiger partial charge is 0.349 e. The van der Waals surface area contributed by atoms with Gasteiger partial charge in [0.25, 0.3) is 0 Å². The summed E-state index contributed by atoms with van der Waals surface area (Å²) in [5, 5.41) is 28.5. The van der Waals surface area contributed by atoms with Crippen LogP contribution in [0.4, 0.5) is 4.79 Å². The van der Waals surface area contributed by atoms with E-state index in [-0.39, 0.29) is 18.9 Å². The minimum atomic E-state index is -1.23. The van der Waals surface area contributed by atoms with Gasteiger partial charge in [-0.05, 0) is 0 Å². The van der Waals surface area contributed by atoms with Crippen molar-refractivity contribution in [1.29, 1.82) is 0 Å². The van der Waals surface area contributed by atoms with Crippen LogP contribution < -0.4 is 5.73 Å². The maximum atomic E-state index is 11.7. The molecule has 5 atom stereocenters. The van der Waals surface area contributed by atoms with E-state index in [1.807, 2.05) is 0 Å². The van der Waals surface area contributed by atoms with Gasteiger partial charge in [-0.25, -0.2) is 4.79 Å². The van der Waals surface area contributed by atoms with Crippen molar-refractivity contribution in [2.75, 3.05) is 6.61 Å². The zero-order valence-electron chi connectivity index (χ0n) is 9.31. The molecule has 102 valence electrons.